The first-order valence-electron chi connectivity index (χ1n) is 24.3. The van der Waals surface area contributed by atoms with Gasteiger partial charge in [-0.15, -0.1) is 0 Å². The lowest BCUT2D eigenvalue weighted by atomic mass is 10.0. The molecule has 1 aliphatic rings. The highest BCUT2D eigenvalue weighted by atomic mass is 16.4. The van der Waals surface area contributed by atoms with Crippen LogP contribution >= 0.6 is 0 Å². The number of rotatable bonds is 30. The third kappa shape index (κ3) is 17.7. The average molecular weight is 992 g/mol. The zero-order chi connectivity index (χ0) is 52.0. The molecular weight excluding hydrogens is 919 g/mol. The van der Waals surface area contributed by atoms with Crippen LogP contribution in [0.15, 0.2) is 48.0 Å². The number of H-pyrrole nitrogens is 2. The van der Waals surface area contributed by atoms with E-state index in [4.69, 9.17) is 22.9 Å². The maximum Gasteiger partial charge on any atom is 0.326 e. The highest BCUT2D eigenvalue weighted by molar-refractivity contribution is 5.97. The molecule has 390 valence electrons. The molecule has 2 aromatic heterocycles. The van der Waals surface area contributed by atoms with Crippen molar-refractivity contribution < 1.29 is 43.5 Å². The summed E-state index contributed by atoms with van der Waals surface area (Å²) in [4.78, 5) is 124. The first kappa shape index (κ1) is 56.5. The Morgan fingerprint density at radius 3 is 2.15 bits per heavy atom. The number of nitrogens with two attached hydrogens (primary N) is 4. The molecule has 0 radical (unpaired) electrons. The smallest absolute Gasteiger partial charge is 0.326 e. The van der Waals surface area contributed by atoms with Gasteiger partial charge in [-0.25, -0.2) is 9.78 Å². The van der Waals surface area contributed by atoms with E-state index in [0.29, 0.717) is 56.3 Å². The van der Waals surface area contributed by atoms with Gasteiger partial charge in [0.1, 0.15) is 36.3 Å². The standard InChI is InChI=1S/C47H73N15O9/c1-4-5-13-33(58-40(64)31(49)22-29-24-52-26-56-29)42(66)59-34(16-10-19-53-47(50)51)43(67)60-36(21-28-23-54-32-14-7-6-12-30(28)32)41(65)55-25-38(63)57-35(15-8-9-18-48)45(69)62-20-11-17-37(62)44(68)61-39(27(2)3)46(70)71/h6-7,12,14,23-24,26-27,31,33-37,39,54H,4-5,8-11,13,15-22,25,48-49H2,1-3H3,(H,52,56)(H,55,65)(H,57,63)(H,58,64)(H,59,66)(H,60,67)(H,61,68)(H,70,71)(H4,50,51,53)/t31-,33+,34-,35-,36-,37-,39-/m0/s1. The lowest BCUT2D eigenvalue weighted by molar-refractivity contribution is -0.145. The maximum atomic E-state index is 14.4. The molecule has 7 amide bonds. The van der Waals surface area contributed by atoms with Gasteiger partial charge in [-0.1, -0.05) is 51.8 Å². The highest BCUT2D eigenvalue weighted by Crippen LogP contribution is 2.22. The van der Waals surface area contributed by atoms with Crippen molar-refractivity contribution in [3.05, 3.63) is 54.2 Å². The van der Waals surface area contributed by atoms with Gasteiger partial charge in [-0.3, -0.25) is 38.6 Å². The van der Waals surface area contributed by atoms with Crippen molar-refractivity contribution in [1.82, 2.24) is 51.8 Å². The van der Waals surface area contributed by atoms with Crippen LogP contribution in [0.4, 0.5) is 0 Å². The minimum absolute atomic E-state index is 0.0168. The number of carbonyl (C=O) groups excluding carboxylic acids is 7. The van der Waals surface area contributed by atoms with Gasteiger partial charge >= 0.3 is 5.97 Å². The van der Waals surface area contributed by atoms with Gasteiger partial charge in [-0.2, -0.15) is 0 Å². The summed E-state index contributed by atoms with van der Waals surface area (Å²) in [5.74, 6) is -6.43. The molecule has 1 aromatic carbocycles. The summed E-state index contributed by atoms with van der Waals surface area (Å²) in [6.45, 7) is 5.27. The lowest BCUT2D eigenvalue weighted by Gasteiger charge is -2.30. The fourth-order valence-corrected chi connectivity index (χ4v) is 8.28. The van der Waals surface area contributed by atoms with Crippen LogP contribution < -0.4 is 54.8 Å². The number of nitrogens with one attached hydrogen (secondary N) is 8. The number of fused-ring (bicyclic) bond motifs is 1. The van der Waals surface area contributed by atoms with Crippen molar-refractivity contribution >= 4 is 64.2 Å². The number of amides is 7. The average Bonchev–Trinajstić information content (AvgIpc) is 4.13. The zero-order valence-corrected chi connectivity index (χ0v) is 40.8. The molecule has 3 heterocycles. The van der Waals surface area contributed by atoms with Gasteiger partial charge in [-0.05, 0) is 75.5 Å². The molecule has 1 saturated heterocycles. The summed E-state index contributed by atoms with van der Waals surface area (Å²) in [6, 6.07) is -0.541. The third-order valence-electron chi connectivity index (χ3n) is 12.2. The Morgan fingerprint density at radius 1 is 0.831 bits per heavy atom. The summed E-state index contributed by atoms with van der Waals surface area (Å²) in [5.41, 5.74) is 25.0. The Bertz CT molecular complexity index is 2280. The Labute approximate surface area is 412 Å². The number of benzene rings is 1. The number of aliphatic carboxylic acids is 1. The molecular formula is C47H73N15O9. The monoisotopic (exact) mass is 992 g/mol. The van der Waals surface area contributed by atoms with Crippen LogP contribution in [0.3, 0.4) is 0 Å². The second-order valence-corrected chi connectivity index (χ2v) is 18.1. The van der Waals surface area contributed by atoms with Crippen LogP contribution in [0.25, 0.3) is 10.9 Å². The van der Waals surface area contributed by atoms with Crippen molar-refractivity contribution in [2.75, 3.05) is 26.2 Å². The number of nitrogens with zero attached hydrogens (tertiary/aromatic N) is 3. The third-order valence-corrected chi connectivity index (χ3v) is 12.2. The van der Waals surface area contributed by atoms with E-state index in [1.165, 1.54) is 17.4 Å². The second kappa shape index (κ2) is 28.6. The number of imidazole rings is 1. The zero-order valence-electron chi connectivity index (χ0n) is 40.8. The fourth-order valence-electron chi connectivity index (χ4n) is 8.28. The molecule has 71 heavy (non-hydrogen) atoms. The van der Waals surface area contributed by atoms with Crippen molar-refractivity contribution in [1.29, 1.82) is 0 Å². The van der Waals surface area contributed by atoms with Gasteiger partial charge in [0.15, 0.2) is 5.96 Å². The Balaban J connectivity index is 1.54. The summed E-state index contributed by atoms with van der Waals surface area (Å²) in [7, 11) is 0. The Hall–Kier alpha value is -7.08. The van der Waals surface area contributed by atoms with E-state index in [9.17, 15) is 43.5 Å². The second-order valence-electron chi connectivity index (χ2n) is 18.1. The van der Waals surface area contributed by atoms with Crippen molar-refractivity contribution in [2.24, 2.45) is 33.8 Å². The molecule has 24 nitrogen and oxygen atoms in total. The molecule has 1 aliphatic heterocycles. The van der Waals surface area contributed by atoms with Crippen LogP contribution in [0.2, 0.25) is 0 Å². The number of guanidine groups is 1. The van der Waals surface area contributed by atoms with Crippen molar-refractivity contribution in [3.63, 3.8) is 0 Å². The predicted molar refractivity (Wildman–Crippen MR) is 264 cm³/mol. The highest BCUT2D eigenvalue weighted by Gasteiger charge is 2.39. The summed E-state index contributed by atoms with van der Waals surface area (Å²) >= 11 is 0. The van der Waals surface area contributed by atoms with Gasteiger partial charge in [0.05, 0.1) is 18.9 Å². The largest absolute Gasteiger partial charge is 0.480 e. The molecule has 0 aliphatic carbocycles. The molecule has 4 rings (SSSR count). The topological polar surface area (TPSA) is 393 Å². The molecule has 1 fully saturated rings. The summed E-state index contributed by atoms with van der Waals surface area (Å²) in [5, 5.41) is 26.5. The van der Waals surface area contributed by atoms with Crippen molar-refractivity contribution in [2.45, 2.75) is 140 Å². The predicted octanol–water partition coefficient (Wildman–Crippen LogP) is -1.35. The molecule has 0 bridgehead atoms. The van der Waals surface area contributed by atoms with E-state index in [-0.39, 0.29) is 57.6 Å². The molecule has 0 unspecified atom stereocenters. The van der Waals surface area contributed by atoms with Crippen LogP contribution in [0, 0.1) is 5.92 Å². The number of carboxylic acid groups (broad SMARTS) is 1. The van der Waals surface area contributed by atoms with Crippen LogP contribution in [-0.4, -0.2) is 147 Å². The van der Waals surface area contributed by atoms with Crippen molar-refractivity contribution in [3.8, 4) is 0 Å². The molecule has 24 heteroatoms. The quantitative estimate of drug-likeness (QED) is 0.0209. The molecule has 0 saturated carbocycles. The SMILES string of the molecule is CCCC[C@@H](NC(=O)[C@@H](N)Cc1cnc[nH]1)C(=O)N[C@@H](CCCN=C(N)N)C(=O)N[C@@H](Cc1c[nH]c2ccccc12)C(=O)NCC(=O)N[C@@H](CCCCN)C(=O)N1CCC[C@H]1C(=O)N[C@H](C(=O)O)C(C)C. The van der Waals surface area contributed by atoms with Crippen LogP contribution in [0.5, 0.6) is 0 Å². The lowest BCUT2D eigenvalue weighted by Crippen LogP contribution is -2.58. The van der Waals surface area contributed by atoms with E-state index in [1.807, 2.05) is 31.2 Å². The normalized spacial score (nSPS) is 15.9. The number of aliphatic imine (C=N–C) groups is 1. The minimum Gasteiger partial charge on any atom is -0.480 e. The summed E-state index contributed by atoms with van der Waals surface area (Å²) < 4.78 is 0. The maximum absolute atomic E-state index is 14.4. The number of aromatic amines is 2. The number of carboxylic acids is 1. The van der Waals surface area contributed by atoms with E-state index in [2.05, 4.69) is 51.8 Å². The fraction of sp³-hybridized carbons (Fsp3) is 0.574. The van der Waals surface area contributed by atoms with Gasteiger partial charge in [0.2, 0.25) is 41.4 Å². The van der Waals surface area contributed by atoms with E-state index >= 15 is 0 Å². The number of aromatic nitrogens is 3. The number of para-hydroxylation sites is 1. The van der Waals surface area contributed by atoms with Gasteiger partial charge in [0, 0.05) is 54.9 Å². The number of hydrogen-bond acceptors (Lipinski definition) is 12. The van der Waals surface area contributed by atoms with E-state index in [1.54, 1.807) is 20.0 Å². The van der Waals surface area contributed by atoms with Crippen LogP contribution in [0.1, 0.15) is 96.2 Å². The number of carbonyl (C=O) groups is 8. The van der Waals surface area contributed by atoms with Crippen LogP contribution in [-0.2, 0) is 51.2 Å². The Kier molecular flexibility index (Phi) is 22.7. The van der Waals surface area contributed by atoms with Gasteiger partial charge in [0.25, 0.3) is 0 Å². The Morgan fingerprint density at radius 2 is 1.51 bits per heavy atom. The number of likely N-dealkylation sites (tertiary alicyclic amines) is 1. The van der Waals surface area contributed by atoms with E-state index < -0.39 is 102 Å². The first-order chi connectivity index (χ1) is 33.9. The summed E-state index contributed by atoms with van der Waals surface area (Å²) in [6.07, 6.45) is 8.43. The minimum atomic E-state index is -1.31. The molecule has 3 aromatic rings. The van der Waals surface area contributed by atoms with E-state index in [0.717, 1.165) is 10.9 Å². The first-order valence-corrected chi connectivity index (χ1v) is 24.3. The molecule has 0 spiro atoms. The number of hydrogen-bond donors (Lipinski definition) is 13. The van der Waals surface area contributed by atoms with Gasteiger partial charge < -0.3 is 74.8 Å². The molecule has 7 atom stereocenters. The number of unbranched alkanes of at least 4 members (excludes halogenated alkanes) is 2. The molecule has 17 N–H and O–H groups in total.